The molecule has 2 N–H and O–H groups in total. The Morgan fingerprint density at radius 1 is 1.30 bits per heavy atom. The van der Waals surface area contributed by atoms with Crippen LogP contribution in [-0.4, -0.2) is 66.3 Å². The largest absolute Gasteiger partial charge is 0.393 e. The standard InChI is InChI=1S/C15H29N3O2/c1-3-17(2)10-12-8-9-18(11-12)15(20)16-13-4-6-14(19)7-5-13/h12-14,19H,3-11H2,1-2H3,(H,16,20). The van der Waals surface area contributed by atoms with Crippen molar-refractivity contribution in [2.24, 2.45) is 5.92 Å². The van der Waals surface area contributed by atoms with Crippen molar-refractivity contribution in [3.05, 3.63) is 0 Å². The molecule has 1 atom stereocenters. The molecular weight excluding hydrogens is 254 g/mol. The van der Waals surface area contributed by atoms with Crippen molar-refractivity contribution in [3.8, 4) is 0 Å². The van der Waals surface area contributed by atoms with Crippen LogP contribution in [0, 0.1) is 5.92 Å². The second kappa shape index (κ2) is 7.27. The number of carbonyl (C=O) groups excluding carboxylic acids is 1. The molecule has 0 radical (unpaired) electrons. The molecule has 0 aromatic heterocycles. The third-order valence-electron chi connectivity index (χ3n) is 4.71. The van der Waals surface area contributed by atoms with Crippen molar-refractivity contribution in [2.75, 3.05) is 33.2 Å². The zero-order chi connectivity index (χ0) is 14.5. The van der Waals surface area contributed by atoms with Crippen molar-refractivity contribution in [2.45, 2.75) is 51.2 Å². The Morgan fingerprint density at radius 2 is 2.00 bits per heavy atom. The van der Waals surface area contributed by atoms with Gasteiger partial charge in [0.2, 0.25) is 0 Å². The fourth-order valence-electron chi connectivity index (χ4n) is 3.22. The van der Waals surface area contributed by atoms with E-state index in [1.165, 1.54) is 0 Å². The molecule has 1 unspecified atom stereocenters. The summed E-state index contributed by atoms with van der Waals surface area (Å²) in [5, 5.41) is 12.6. The first-order valence-electron chi connectivity index (χ1n) is 8.00. The maximum absolute atomic E-state index is 12.2. The normalized spacial score (nSPS) is 30.8. The molecule has 116 valence electrons. The Labute approximate surface area is 122 Å². The highest BCUT2D eigenvalue weighted by atomic mass is 16.3. The minimum Gasteiger partial charge on any atom is -0.393 e. The molecule has 1 saturated carbocycles. The van der Waals surface area contributed by atoms with Crippen LogP contribution in [0.2, 0.25) is 0 Å². The number of aliphatic hydroxyl groups is 1. The van der Waals surface area contributed by atoms with Crippen LogP contribution >= 0.6 is 0 Å². The van der Waals surface area contributed by atoms with Crippen LogP contribution in [0.3, 0.4) is 0 Å². The average molecular weight is 283 g/mol. The van der Waals surface area contributed by atoms with Gasteiger partial charge >= 0.3 is 6.03 Å². The van der Waals surface area contributed by atoms with E-state index in [0.717, 1.165) is 58.3 Å². The lowest BCUT2D eigenvalue weighted by Gasteiger charge is -2.28. The van der Waals surface area contributed by atoms with Crippen LogP contribution in [0.25, 0.3) is 0 Å². The van der Waals surface area contributed by atoms with Crippen molar-refractivity contribution in [1.82, 2.24) is 15.1 Å². The number of urea groups is 1. The van der Waals surface area contributed by atoms with Gasteiger partial charge in [-0.3, -0.25) is 0 Å². The number of likely N-dealkylation sites (tertiary alicyclic amines) is 1. The van der Waals surface area contributed by atoms with Gasteiger partial charge in [-0.15, -0.1) is 0 Å². The van der Waals surface area contributed by atoms with Gasteiger partial charge in [-0.25, -0.2) is 4.79 Å². The van der Waals surface area contributed by atoms with E-state index in [4.69, 9.17) is 0 Å². The summed E-state index contributed by atoms with van der Waals surface area (Å²) in [5.41, 5.74) is 0. The molecule has 20 heavy (non-hydrogen) atoms. The van der Waals surface area contributed by atoms with Gasteiger partial charge in [0.25, 0.3) is 0 Å². The molecule has 0 bridgehead atoms. The molecule has 0 spiro atoms. The summed E-state index contributed by atoms with van der Waals surface area (Å²) < 4.78 is 0. The molecule has 1 heterocycles. The summed E-state index contributed by atoms with van der Waals surface area (Å²) in [6.07, 6.45) is 4.39. The molecule has 5 heteroatoms. The minimum atomic E-state index is -0.163. The molecule has 1 aliphatic carbocycles. The number of aliphatic hydroxyl groups excluding tert-OH is 1. The first-order chi connectivity index (χ1) is 9.58. The van der Waals surface area contributed by atoms with Crippen LogP contribution in [0.4, 0.5) is 4.79 Å². The number of carbonyl (C=O) groups is 1. The number of hydrogen-bond acceptors (Lipinski definition) is 3. The summed E-state index contributed by atoms with van der Waals surface area (Å²) in [5.74, 6) is 0.610. The number of nitrogens with zero attached hydrogens (tertiary/aromatic N) is 2. The number of rotatable bonds is 4. The van der Waals surface area contributed by atoms with Crippen molar-refractivity contribution in [1.29, 1.82) is 0 Å². The van der Waals surface area contributed by atoms with Gasteiger partial charge in [-0.1, -0.05) is 6.92 Å². The highest BCUT2D eigenvalue weighted by molar-refractivity contribution is 5.74. The van der Waals surface area contributed by atoms with Gasteiger partial charge in [-0.05, 0) is 51.6 Å². The summed E-state index contributed by atoms with van der Waals surface area (Å²) >= 11 is 0. The minimum absolute atomic E-state index is 0.0908. The summed E-state index contributed by atoms with van der Waals surface area (Å²) in [4.78, 5) is 16.5. The van der Waals surface area contributed by atoms with Crippen LogP contribution in [0.5, 0.6) is 0 Å². The maximum atomic E-state index is 12.2. The Morgan fingerprint density at radius 3 is 2.65 bits per heavy atom. The summed E-state index contributed by atoms with van der Waals surface area (Å²) in [7, 11) is 2.13. The van der Waals surface area contributed by atoms with Gasteiger partial charge < -0.3 is 20.2 Å². The monoisotopic (exact) mass is 283 g/mol. The highest BCUT2D eigenvalue weighted by Crippen LogP contribution is 2.20. The first-order valence-corrected chi connectivity index (χ1v) is 8.00. The van der Waals surface area contributed by atoms with E-state index in [1.54, 1.807) is 0 Å². The summed E-state index contributed by atoms with van der Waals surface area (Å²) in [6, 6.07) is 0.344. The first kappa shape index (κ1) is 15.6. The summed E-state index contributed by atoms with van der Waals surface area (Å²) in [6.45, 7) is 6.06. The maximum Gasteiger partial charge on any atom is 0.317 e. The van der Waals surface area contributed by atoms with Gasteiger partial charge in [0.05, 0.1) is 6.10 Å². The molecule has 2 fully saturated rings. The topological polar surface area (TPSA) is 55.8 Å². The molecule has 2 amide bonds. The lowest BCUT2D eigenvalue weighted by molar-refractivity contribution is 0.115. The average Bonchev–Trinajstić information content (AvgIpc) is 2.89. The third-order valence-corrected chi connectivity index (χ3v) is 4.71. The van der Waals surface area contributed by atoms with Crippen molar-refractivity contribution < 1.29 is 9.90 Å². The molecule has 0 aromatic carbocycles. The third kappa shape index (κ3) is 4.35. The van der Waals surface area contributed by atoms with Crippen LogP contribution in [-0.2, 0) is 0 Å². The van der Waals surface area contributed by atoms with Gasteiger partial charge in [-0.2, -0.15) is 0 Å². The fraction of sp³-hybridized carbons (Fsp3) is 0.933. The number of nitrogens with one attached hydrogen (secondary N) is 1. The van der Waals surface area contributed by atoms with Gasteiger partial charge in [0.15, 0.2) is 0 Å². The van der Waals surface area contributed by atoms with Crippen molar-refractivity contribution in [3.63, 3.8) is 0 Å². The molecule has 2 rings (SSSR count). The van der Waals surface area contributed by atoms with E-state index in [9.17, 15) is 9.90 Å². The van der Waals surface area contributed by atoms with E-state index in [0.29, 0.717) is 5.92 Å². The molecule has 0 aromatic rings. The van der Waals surface area contributed by atoms with E-state index in [-0.39, 0.29) is 18.2 Å². The number of amides is 2. The lowest BCUT2D eigenvalue weighted by Crippen LogP contribution is -2.45. The second-order valence-electron chi connectivity index (χ2n) is 6.41. The lowest BCUT2D eigenvalue weighted by atomic mass is 9.93. The predicted octanol–water partition coefficient (Wildman–Crippen LogP) is 1.27. The van der Waals surface area contributed by atoms with E-state index >= 15 is 0 Å². The van der Waals surface area contributed by atoms with E-state index in [1.807, 2.05) is 4.90 Å². The molecule has 5 nitrogen and oxygen atoms in total. The quantitative estimate of drug-likeness (QED) is 0.817. The molecule has 1 aliphatic heterocycles. The fourth-order valence-corrected chi connectivity index (χ4v) is 3.22. The van der Waals surface area contributed by atoms with Crippen LogP contribution in [0.15, 0.2) is 0 Å². The van der Waals surface area contributed by atoms with E-state index < -0.39 is 0 Å². The Hall–Kier alpha value is -0.810. The van der Waals surface area contributed by atoms with E-state index in [2.05, 4.69) is 24.2 Å². The number of hydrogen-bond donors (Lipinski definition) is 2. The Balaban J connectivity index is 1.71. The SMILES string of the molecule is CCN(C)CC1CCN(C(=O)NC2CCC(O)CC2)C1. The molecular formula is C15H29N3O2. The van der Waals surface area contributed by atoms with Crippen LogP contribution in [0.1, 0.15) is 39.0 Å². The van der Waals surface area contributed by atoms with Gasteiger partial charge in [0.1, 0.15) is 0 Å². The van der Waals surface area contributed by atoms with Gasteiger partial charge in [0, 0.05) is 25.7 Å². The Kier molecular flexibility index (Phi) is 5.66. The van der Waals surface area contributed by atoms with Crippen molar-refractivity contribution >= 4 is 6.03 Å². The smallest absolute Gasteiger partial charge is 0.317 e. The second-order valence-corrected chi connectivity index (χ2v) is 6.41. The predicted molar refractivity (Wildman–Crippen MR) is 79.6 cm³/mol. The Bertz CT molecular complexity index is 316. The molecule has 1 saturated heterocycles. The highest BCUT2D eigenvalue weighted by Gasteiger charge is 2.29. The zero-order valence-electron chi connectivity index (χ0n) is 12.8. The zero-order valence-corrected chi connectivity index (χ0v) is 12.8. The van der Waals surface area contributed by atoms with Crippen LogP contribution < -0.4 is 5.32 Å². The molecule has 2 aliphatic rings.